The summed E-state index contributed by atoms with van der Waals surface area (Å²) in [6.45, 7) is 2.94. The van der Waals surface area contributed by atoms with Crippen molar-refractivity contribution in [3.63, 3.8) is 0 Å². The number of aliphatic hydroxyl groups excluding tert-OH is 4. The summed E-state index contributed by atoms with van der Waals surface area (Å²) in [6, 6.07) is 0. The molecule has 0 radical (unpaired) electrons. The summed E-state index contributed by atoms with van der Waals surface area (Å²) in [5, 5.41) is 38.5. The second-order valence-electron chi connectivity index (χ2n) is 10.4. The SMILES string of the molecule is OC[C@H]1O[C@H](OCCOCCOCCOCCOC23CC4CC(CC(C4)C2)C3)[C@@H](O)[C@@H](O)[C@@H]1O. The average Bonchev–Trinajstić information content (AvgIpc) is 2.81. The molecule has 4 N–H and O–H groups in total. The van der Waals surface area contributed by atoms with Crippen molar-refractivity contribution in [3.8, 4) is 0 Å². The Morgan fingerprint density at radius 2 is 1.15 bits per heavy atom. The maximum atomic E-state index is 9.89. The summed E-state index contributed by atoms with van der Waals surface area (Å²) >= 11 is 0. The van der Waals surface area contributed by atoms with Crippen molar-refractivity contribution in [3.05, 3.63) is 0 Å². The van der Waals surface area contributed by atoms with Gasteiger partial charge in [0.05, 0.1) is 65.1 Å². The molecular formula is C24H42O10. The minimum atomic E-state index is -1.45. The molecule has 0 spiro atoms. The lowest BCUT2D eigenvalue weighted by Gasteiger charge is -2.56. The Morgan fingerprint density at radius 1 is 0.647 bits per heavy atom. The molecule has 5 aliphatic rings. The lowest BCUT2D eigenvalue weighted by Crippen LogP contribution is -2.59. The minimum Gasteiger partial charge on any atom is -0.394 e. The van der Waals surface area contributed by atoms with E-state index < -0.39 is 37.3 Å². The quantitative estimate of drug-likeness (QED) is 0.229. The van der Waals surface area contributed by atoms with Crippen LogP contribution in [0.1, 0.15) is 38.5 Å². The lowest BCUT2D eigenvalue weighted by atomic mass is 9.54. The van der Waals surface area contributed by atoms with Crippen LogP contribution in [0.5, 0.6) is 0 Å². The Morgan fingerprint density at radius 3 is 1.68 bits per heavy atom. The molecular weight excluding hydrogens is 448 g/mol. The van der Waals surface area contributed by atoms with E-state index in [9.17, 15) is 15.3 Å². The van der Waals surface area contributed by atoms with Gasteiger partial charge < -0.3 is 48.8 Å². The van der Waals surface area contributed by atoms with Crippen LogP contribution in [0.25, 0.3) is 0 Å². The van der Waals surface area contributed by atoms with Crippen LogP contribution < -0.4 is 0 Å². The van der Waals surface area contributed by atoms with Crippen LogP contribution in [-0.4, -0.2) is 116 Å². The van der Waals surface area contributed by atoms with Gasteiger partial charge in [0.2, 0.25) is 0 Å². The van der Waals surface area contributed by atoms with Gasteiger partial charge in [-0.15, -0.1) is 0 Å². The number of aliphatic hydroxyl groups is 4. The molecule has 1 aliphatic heterocycles. The molecule has 5 rings (SSSR count). The minimum absolute atomic E-state index is 0.121. The van der Waals surface area contributed by atoms with E-state index in [2.05, 4.69) is 0 Å². The third-order valence-corrected chi connectivity index (χ3v) is 7.72. The monoisotopic (exact) mass is 490 g/mol. The number of hydrogen-bond donors (Lipinski definition) is 4. The predicted octanol–water partition coefficient (Wildman–Crippen LogP) is -0.162. The van der Waals surface area contributed by atoms with E-state index in [0.29, 0.717) is 39.6 Å². The Hall–Kier alpha value is -0.400. The normalized spacial score (nSPS) is 41.3. The standard InChI is InChI=1S/C24H42O10/c25-15-19-20(26)21(27)22(28)23(34-19)32-7-5-30-3-1-29-2-4-31-6-8-33-24-12-16-9-17(13-24)11-18(10-16)14-24/h16-23,25-28H,1-15H2/t16?,17?,18?,19-,20-,21+,22+,23+,24?/m1/s1. The van der Waals surface area contributed by atoms with Gasteiger partial charge in [-0.2, -0.15) is 0 Å². The molecule has 4 saturated carbocycles. The molecule has 1 heterocycles. The molecule has 1 saturated heterocycles. The van der Waals surface area contributed by atoms with Crippen LogP contribution in [0, 0.1) is 17.8 Å². The molecule has 4 aliphatic carbocycles. The molecule has 0 aromatic heterocycles. The number of ether oxygens (including phenoxy) is 6. The van der Waals surface area contributed by atoms with E-state index in [4.69, 9.17) is 33.5 Å². The van der Waals surface area contributed by atoms with Gasteiger partial charge in [0.25, 0.3) is 0 Å². The van der Waals surface area contributed by atoms with Gasteiger partial charge >= 0.3 is 0 Å². The fourth-order valence-corrected chi connectivity index (χ4v) is 6.50. The molecule has 4 bridgehead atoms. The Balaban J connectivity index is 0.943. The van der Waals surface area contributed by atoms with Crippen molar-refractivity contribution in [1.29, 1.82) is 0 Å². The predicted molar refractivity (Wildman–Crippen MR) is 119 cm³/mol. The first-order valence-corrected chi connectivity index (χ1v) is 12.8. The molecule has 0 unspecified atom stereocenters. The molecule has 10 heteroatoms. The van der Waals surface area contributed by atoms with E-state index in [1.165, 1.54) is 38.5 Å². The fraction of sp³-hybridized carbons (Fsp3) is 1.00. The van der Waals surface area contributed by atoms with Crippen molar-refractivity contribution >= 4 is 0 Å². The molecule has 10 nitrogen and oxygen atoms in total. The second-order valence-corrected chi connectivity index (χ2v) is 10.4. The van der Waals surface area contributed by atoms with E-state index >= 15 is 0 Å². The summed E-state index contributed by atoms with van der Waals surface area (Å²) in [5.74, 6) is 2.67. The van der Waals surface area contributed by atoms with Crippen molar-refractivity contribution in [2.75, 3.05) is 59.5 Å². The zero-order valence-electron chi connectivity index (χ0n) is 20.0. The van der Waals surface area contributed by atoms with Gasteiger partial charge in [-0.1, -0.05) is 0 Å². The van der Waals surface area contributed by atoms with Crippen molar-refractivity contribution in [1.82, 2.24) is 0 Å². The average molecular weight is 491 g/mol. The number of hydrogen-bond acceptors (Lipinski definition) is 10. The van der Waals surface area contributed by atoms with Gasteiger partial charge in [0.1, 0.15) is 24.4 Å². The van der Waals surface area contributed by atoms with E-state index in [-0.39, 0.29) is 18.8 Å². The zero-order chi connectivity index (χ0) is 24.0. The Kier molecular flexibility index (Phi) is 9.97. The first kappa shape index (κ1) is 26.7. The third-order valence-electron chi connectivity index (χ3n) is 7.72. The van der Waals surface area contributed by atoms with Crippen molar-refractivity contribution < 1.29 is 48.8 Å². The molecule has 34 heavy (non-hydrogen) atoms. The van der Waals surface area contributed by atoms with E-state index in [1.807, 2.05) is 0 Å². The van der Waals surface area contributed by atoms with Crippen LogP contribution >= 0.6 is 0 Å². The zero-order valence-corrected chi connectivity index (χ0v) is 20.0. The summed E-state index contributed by atoms with van der Waals surface area (Å²) in [7, 11) is 0. The van der Waals surface area contributed by atoms with Crippen LogP contribution in [0.4, 0.5) is 0 Å². The topological polar surface area (TPSA) is 136 Å². The van der Waals surface area contributed by atoms with Crippen LogP contribution in [0.15, 0.2) is 0 Å². The maximum absolute atomic E-state index is 9.89. The Labute approximate surface area is 201 Å². The van der Waals surface area contributed by atoms with Gasteiger partial charge in [0.15, 0.2) is 6.29 Å². The van der Waals surface area contributed by atoms with Crippen molar-refractivity contribution in [2.45, 2.75) is 74.8 Å². The molecule has 198 valence electrons. The fourth-order valence-electron chi connectivity index (χ4n) is 6.50. The third kappa shape index (κ3) is 6.88. The highest BCUT2D eigenvalue weighted by Crippen LogP contribution is 2.57. The summed E-state index contributed by atoms with van der Waals surface area (Å²) in [6.07, 6.45) is 1.63. The lowest BCUT2D eigenvalue weighted by molar-refractivity contribution is -0.302. The van der Waals surface area contributed by atoms with Gasteiger partial charge in [0, 0.05) is 0 Å². The highest BCUT2D eigenvalue weighted by Gasteiger charge is 2.51. The number of rotatable bonds is 15. The largest absolute Gasteiger partial charge is 0.394 e. The highest BCUT2D eigenvalue weighted by molar-refractivity contribution is 5.03. The maximum Gasteiger partial charge on any atom is 0.186 e. The summed E-state index contributed by atoms with van der Waals surface area (Å²) in [4.78, 5) is 0. The first-order valence-electron chi connectivity index (χ1n) is 12.8. The molecule has 5 atom stereocenters. The molecule has 5 fully saturated rings. The van der Waals surface area contributed by atoms with Gasteiger partial charge in [-0.3, -0.25) is 0 Å². The van der Waals surface area contributed by atoms with Crippen molar-refractivity contribution in [2.24, 2.45) is 17.8 Å². The molecule has 0 aromatic carbocycles. The van der Waals surface area contributed by atoms with Crippen LogP contribution in [0.2, 0.25) is 0 Å². The molecule has 0 aromatic rings. The summed E-state index contributed by atoms with van der Waals surface area (Å²) in [5.41, 5.74) is 0.137. The summed E-state index contributed by atoms with van der Waals surface area (Å²) < 4.78 is 33.5. The highest BCUT2D eigenvalue weighted by atomic mass is 16.7. The van der Waals surface area contributed by atoms with E-state index in [0.717, 1.165) is 17.8 Å². The Bertz CT molecular complexity index is 567. The van der Waals surface area contributed by atoms with Crippen LogP contribution in [0.3, 0.4) is 0 Å². The van der Waals surface area contributed by atoms with E-state index in [1.54, 1.807) is 0 Å². The molecule has 0 amide bonds. The van der Waals surface area contributed by atoms with Gasteiger partial charge in [-0.25, -0.2) is 0 Å². The smallest absolute Gasteiger partial charge is 0.186 e. The van der Waals surface area contributed by atoms with Crippen LogP contribution in [-0.2, 0) is 28.4 Å². The second kappa shape index (κ2) is 12.7. The van der Waals surface area contributed by atoms with Gasteiger partial charge in [-0.05, 0) is 56.3 Å². The first-order chi connectivity index (χ1) is 16.5.